The summed E-state index contributed by atoms with van der Waals surface area (Å²) in [5.41, 5.74) is 6.18. The standard InChI is InChI=1S/C16H30N2O/c1-12-6-5-7-13(11-10-12)18-16(19)14-8-3-2-4-9-15(14)17/h12-15H,2-11,17H2,1H3,(H,18,19). The van der Waals surface area contributed by atoms with E-state index in [0.717, 1.165) is 38.0 Å². The van der Waals surface area contributed by atoms with Crippen molar-refractivity contribution in [2.24, 2.45) is 17.6 Å². The van der Waals surface area contributed by atoms with Crippen LogP contribution in [-0.4, -0.2) is 18.0 Å². The molecular weight excluding hydrogens is 236 g/mol. The molecule has 110 valence electrons. The highest BCUT2D eigenvalue weighted by atomic mass is 16.2. The highest BCUT2D eigenvalue weighted by Crippen LogP contribution is 2.25. The molecule has 3 nitrogen and oxygen atoms in total. The van der Waals surface area contributed by atoms with Crippen LogP contribution in [0, 0.1) is 11.8 Å². The van der Waals surface area contributed by atoms with Crippen LogP contribution in [0.1, 0.15) is 71.1 Å². The second-order valence-electron chi connectivity index (χ2n) is 6.73. The third kappa shape index (κ3) is 4.48. The van der Waals surface area contributed by atoms with E-state index in [1.165, 1.54) is 32.1 Å². The molecule has 0 aromatic rings. The van der Waals surface area contributed by atoms with Crippen LogP contribution in [-0.2, 0) is 4.79 Å². The third-order valence-electron chi connectivity index (χ3n) is 5.01. The van der Waals surface area contributed by atoms with E-state index < -0.39 is 0 Å². The van der Waals surface area contributed by atoms with Gasteiger partial charge in [0.25, 0.3) is 0 Å². The normalized spacial score (nSPS) is 37.2. The first-order valence-electron chi connectivity index (χ1n) is 8.22. The van der Waals surface area contributed by atoms with Gasteiger partial charge in [0.05, 0.1) is 5.92 Å². The van der Waals surface area contributed by atoms with Gasteiger partial charge in [0.2, 0.25) is 5.91 Å². The van der Waals surface area contributed by atoms with Crippen LogP contribution >= 0.6 is 0 Å². The van der Waals surface area contributed by atoms with Gasteiger partial charge in [0.15, 0.2) is 0 Å². The maximum atomic E-state index is 12.4. The summed E-state index contributed by atoms with van der Waals surface area (Å²) in [7, 11) is 0. The third-order valence-corrected chi connectivity index (χ3v) is 5.01. The van der Waals surface area contributed by atoms with Gasteiger partial charge in [-0.2, -0.15) is 0 Å². The summed E-state index contributed by atoms with van der Waals surface area (Å²) in [6.07, 6.45) is 11.7. The van der Waals surface area contributed by atoms with Crippen molar-refractivity contribution < 1.29 is 4.79 Å². The minimum Gasteiger partial charge on any atom is -0.353 e. The first-order valence-corrected chi connectivity index (χ1v) is 8.22. The molecule has 0 bridgehead atoms. The first-order chi connectivity index (χ1) is 9.16. The Morgan fingerprint density at radius 3 is 2.58 bits per heavy atom. The van der Waals surface area contributed by atoms with Crippen molar-refractivity contribution in [3.63, 3.8) is 0 Å². The lowest BCUT2D eigenvalue weighted by Gasteiger charge is -2.24. The SMILES string of the molecule is CC1CCCC(NC(=O)C2CCCCCC2N)CC1. The molecule has 2 fully saturated rings. The fourth-order valence-electron chi connectivity index (χ4n) is 3.60. The van der Waals surface area contributed by atoms with E-state index in [9.17, 15) is 4.79 Å². The Labute approximate surface area is 117 Å². The molecule has 0 aromatic carbocycles. The molecule has 2 saturated carbocycles. The van der Waals surface area contributed by atoms with Gasteiger partial charge in [-0.3, -0.25) is 4.79 Å². The zero-order valence-corrected chi connectivity index (χ0v) is 12.4. The Hall–Kier alpha value is -0.570. The monoisotopic (exact) mass is 266 g/mol. The van der Waals surface area contributed by atoms with Crippen LogP contribution in [0.25, 0.3) is 0 Å². The Morgan fingerprint density at radius 2 is 1.74 bits per heavy atom. The lowest BCUT2D eigenvalue weighted by Crippen LogP contribution is -2.45. The predicted octanol–water partition coefficient (Wildman–Crippen LogP) is 2.98. The van der Waals surface area contributed by atoms with Gasteiger partial charge >= 0.3 is 0 Å². The van der Waals surface area contributed by atoms with Gasteiger partial charge in [0, 0.05) is 12.1 Å². The van der Waals surface area contributed by atoms with Gasteiger partial charge in [-0.05, 0) is 38.0 Å². The van der Waals surface area contributed by atoms with Crippen molar-refractivity contribution in [3.05, 3.63) is 0 Å². The lowest BCUT2D eigenvalue weighted by molar-refractivity contribution is -0.126. The van der Waals surface area contributed by atoms with E-state index in [0.29, 0.717) is 6.04 Å². The molecule has 19 heavy (non-hydrogen) atoms. The van der Waals surface area contributed by atoms with Gasteiger partial charge in [-0.1, -0.05) is 39.0 Å². The van der Waals surface area contributed by atoms with Crippen LogP contribution in [0.5, 0.6) is 0 Å². The number of rotatable bonds is 2. The van der Waals surface area contributed by atoms with Gasteiger partial charge in [-0.25, -0.2) is 0 Å². The van der Waals surface area contributed by atoms with Crippen molar-refractivity contribution in [3.8, 4) is 0 Å². The van der Waals surface area contributed by atoms with E-state index in [1.54, 1.807) is 0 Å². The summed E-state index contributed by atoms with van der Waals surface area (Å²) in [6.45, 7) is 2.32. The summed E-state index contributed by atoms with van der Waals surface area (Å²) < 4.78 is 0. The molecule has 0 aromatic heterocycles. The minimum absolute atomic E-state index is 0.0585. The zero-order chi connectivity index (χ0) is 13.7. The highest BCUT2D eigenvalue weighted by molar-refractivity contribution is 5.79. The summed E-state index contributed by atoms with van der Waals surface area (Å²) in [4.78, 5) is 12.4. The zero-order valence-electron chi connectivity index (χ0n) is 12.4. The average molecular weight is 266 g/mol. The molecular formula is C16H30N2O. The molecule has 0 radical (unpaired) electrons. The Kier molecular flexibility index (Phi) is 5.68. The van der Waals surface area contributed by atoms with E-state index in [1.807, 2.05) is 0 Å². The fraction of sp³-hybridized carbons (Fsp3) is 0.938. The number of amides is 1. The van der Waals surface area contributed by atoms with Crippen molar-refractivity contribution in [2.75, 3.05) is 0 Å². The second kappa shape index (κ2) is 7.28. The summed E-state index contributed by atoms with van der Waals surface area (Å²) in [6, 6.07) is 0.472. The Bertz CT molecular complexity index is 292. The largest absolute Gasteiger partial charge is 0.353 e. The number of nitrogens with two attached hydrogens (primary N) is 1. The van der Waals surface area contributed by atoms with Crippen molar-refractivity contribution in [1.29, 1.82) is 0 Å². The van der Waals surface area contributed by atoms with Crippen molar-refractivity contribution >= 4 is 5.91 Å². The maximum Gasteiger partial charge on any atom is 0.224 e. The Balaban J connectivity index is 1.85. The van der Waals surface area contributed by atoms with Gasteiger partial charge in [0.1, 0.15) is 0 Å². The number of nitrogens with one attached hydrogen (secondary N) is 1. The van der Waals surface area contributed by atoms with E-state index >= 15 is 0 Å². The van der Waals surface area contributed by atoms with Crippen LogP contribution < -0.4 is 11.1 Å². The Morgan fingerprint density at radius 1 is 0.947 bits per heavy atom. The van der Waals surface area contributed by atoms with Crippen LogP contribution in [0.4, 0.5) is 0 Å². The van der Waals surface area contributed by atoms with Crippen LogP contribution in [0.15, 0.2) is 0 Å². The van der Waals surface area contributed by atoms with E-state index in [4.69, 9.17) is 5.73 Å². The van der Waals surface area contributed by atoms with Crippen LogP contribution in [0.3, 0.4) is 0 Å². The molecule has 2 rings (SSSR count). The summed E-state index contributed by atoms with van der Waals surface area (Å²) in [5, 5.41) is 3.29. The molecule has 3 heteroatoms. The maximum absolute atomic E-state index is 12.4. The molecule has 2 aliphatic carbocycles. The molecule has 4 unspecified atom stereocenters. The summed E-state index contributed by atoms with van der Waals surface area (Å²) in [5.74, 6) is 1.11. The molecule has 1 amide bonds. The number of hydrogen-bond acceptors (Lipinski definition) is 2. The second-order valence-corrected chi connectivity index (χ2v) is 6.73. The van der Waals surface area contributed by atoms with E-state index in [-0.39, 0.29) is 17.9 Å². The topological polar surface area (TPSA) is 55.1 Å². The van der Waals surface area contributed by atoms with Crippen molar-refractivity contribution in [1.82, 2.24) is 5.32 Å². The summed E-state index contributed by atoms with van der Waals surface area (Å²) >= 11 is 0. The minimum atomic E-state index is 0.0585. The molecule has 0 spiro atoms. The first kappa shape index (κ1) is 14.8. The van der Waals surface area contributed by atoms with Gasteiger partial charge < -0.3 is 11.1 Å². The number of carbonyl (C=O) groups excluding carboxylic acids is 1. The molecule has 2 aliphatic rings. The number of carbonyl (C=O) groups is 1. The molecule has 0 heterocycles. The molecule has 3 N–H and O–H groups in total. The number of hydrogen-bond donors (Lipinski definition) is 2. The molecule has 4 atom stereocenters. The quantitative estimate of drug-likeness (QED) is 0.755. The van der Waals surface area contributed by atoms with E-state index in [2.05, 4.69) is 12.2 Å². The predicted molar refractivity (Wildman–Crippen MR) is 78.7 cm³/mol. The van der Waals surface area contributed by atoms with Gasteiger partial charge in [-0.15, -0.1) is 0 Å². The highest BCUT2D eigenvalue weighted by Gasteiger charge is 2.28. The smallest absolute Gasteiger partial charge is 0.224 e. The van der Waals surface area contributed by atoms with Crippen molar-refractivity contribution in [2.45, 2.75) is 83.2 Å². The molecule has 0 aliphatic heterocycles. The fourth-order valence-corrected chi connectivity index (χ4v) is 3.60. The average Bonchev–Trinajstić information content (AvgIpc) is 2.70. The van der Waals surface area contributed by atoms with Crippen LogP contribution in [0.2, 0.25) is 0 Å². The lowest BCUT2D eigenvalue weighted by atomic mass is 9.94. The molecule has 0 saturated heterocycles.